The number of amides is 5. The Hall–Kier alpha value is -6.04. The maximum Gasteiger partial charge on any atom is 0.272 e. The van der Waals surface area contributed by atoms with E-state index in [-0.39, 0.29) is 36.2 Å². The van der Waals surface area contributed by atoms with E-state index in [1.807, 2.05) is 30.3 Å². The van der Waals surface area contributed by atoms with Crippen LogP contribution in [-0.2, 0) is 20.8 Å². The lowest BCUT2D eigenvalue weighted by atomic mass is 10.0. The van der Waals surface area contributed by atoms with E-state index in [1.165, 1.54) is 11.8 Å². The maximum absolute atomic E-state index is 14.2. The number of benzene rings is 4. The Morgan fingerprint density at radius 3 is 1.98 bits per heavy atom. The molecule has 0 saturated carbocycles. The quantitative estimate of drug-likeness (QED) is 0.268. The summed E-state index contributed by atoms with van der Waals surface area (Å²) in [6, 6.07) is 24.1. The molecule has 48 heavy (non-hydrogen) atoms. The number of rotatable bonds is 9. The minimum atomic E-state index is -1.46. The summed E-state index contributed by atoms with van der Waals surface area (Å²) in [4.78, 5) is 73.6. The number of para-hydroxylation sites is 1. The molecule has 0 radical (unpaired) electrons. The van der Waals surface area contributed by atoms with E-state index < -0.39 is 53.4 Å². The Kier molecular flexibility index (Phi) is 8.89. The number of carbonyl (C=O) groups excluding carboxylic acids is 5. The second-order valence-corrected chi connectivity index (χ2v) is 11.3. The van der Waals surface area contributed by atoms with Crippen LogP contribution in [-0.4, -0.2) is 65.4 Å². The predicted molar refractivity (Wildman–Crippen MR) is 172 cm³/mol. The van der Waals surface area contributed by atoms with Crippen LogP contribution in [0.2, 0.25) is 0 Å². The van der Waals surface area contributed by atoms with Gasteiger partial charge in [-0.15, -0.1) is 0 Å². The molecule has 12 heteroatoms. The zero-order chi connectivity index (χ0) is 33.9. The van der Waals surface area contributed by atoms with Crippen LogP contribution in [0.3, 0.4) is 0 Å². The fourth-order valence-electron chi connectivity index (χ4n) is 5.74. The van der Waals surface area contributed by atoms with Gasteiger partial charge < -0.3 is 15.5 Å². The molecule has 0 aliphatic carbocycles. The molecule has 0 fully saturated rings. The molecular weight excluding hydrogens is 620 g/mol. The summed E-state index contributed by atoms with van der Waals surface area (Å²) >= 11 is 0. The van der Waals surface area contributed by atoms with Gasteiger partial charge in [0.1, 0.15) is 17.7 Å². The standard InChI is InChI=1S/C36H29F2N5O5/c1-21(39-30(44)19-22-17-24(37)20-25(38)18-22)33(45)41-32-36(48)42(15-16-43-34(46)26-11-5-6-12-27(26)35(43)47)29-14-8-7-13-28(29)31(40-32)23-9-3-2-4-10-23/h2-14,17-18,20-21,32H,15-16,19H2,1H3,(H,39,44)(H,41,45)/t21-,32?/m0/s1. The van der Waals surface area contributed by atoms with Crippen LogP contribution in [0, 0.1) is 11.6 Å². The van der Waals surface area contributed by atoms with Gasteiger partial charge in [0.05, 0.1) is 28.9 Å². The molecule has 4 aromatic carbocycles. The summed E-state index contributed by atoms with van der Waals surface area (Å²) in [5.74, 6) is -4.65. The summed E-state index contributed by atoms with van der Waals surface area (Å²) in [6.45, 7) is 1.18. The van der Waals surface area contributed by atoms with Crippen LogP contribution in [0.1, 0.15) is 44.3 Å². The van der Waals surface area contributed by atoms with E-state index in [0.717, 1.165) is 17.0 Å². The smallest absolute Gasteiger partial charge is 0.272 e. The second-order valence-electron chi connectivity index (χ2n) is 11.3. The zero-order valence-electron chi connectivity index (χ0n) is 25.7. The van der Waals surface area contributed by atoms with Gasteiger partial charge in [-0.1, -0.05) is 60.7 Å². The molecule has 0 aromatic heterocycles. The van der Waals surface area contributed by atoms with Crippen molar-refractivity contribution >= 4 is 40.9 Å². The third-order valence-electron chi connectivity index (χ3n) is 8.02. The summed E-state index contributed by atoms with van der Waals surface area (Å²) in [5.41, 5.74) is 2.77. The van der Waals surface area contributed by atoms with Crippen LogP contribution in [0.15, 0.2) is 102 Å². The third-order valence-corrected chi connectivity index (χ3v) is 8.02. The molecule has 2 atom stereocenters. The monoisotopic (exact) mass is 649 g/mol. The first-order chi connectivity index (χ1) is 23.1. The molecule has 0 saturated heterocycles. The maximum atomic E-state index is 14.2. The average Bonchev–Trinajstić information content (AvgIpc) is 3.24. The van der Waals surface area contributed by atoms with E-state index in [4.69, 9.17) is 4.99 Å². The highest BCUT2D eigenvalue weighted by molar-refractivity contribution is 6.22. The lowest BCUT2D eigenvalue weighted by Crippen LogP contribution is -2.54. The molecule has 2 aliphatic heterocycles. The van der Waals surface area contributed by atoms with Gasteiger partial charge in [-0.3, -0.25) is 28.9 Å². The number of hydrogen-bond donors (Lipinski definition) is 2. The molecule has 0 spiro atoms. The first-order valence-electron chi connectivity index (χ1n) is 15.1. The SMILES string of the molecule is C[C@H](NC(=O)Cc1cc(F)cc(F)c1)C(=O)NC1N=C(c2ccccc2)c2ccccc2N(CCN2C(=O)c3ccccc3C2=O)C1=O. The number of nitrogens with zero attached hydrogens (tertiary/aromatic N) is 3. The largest absolute Gasteiger partial charge is 0.344 e. The number of aliphatic imine (C=N–C) groups is 1. The van der Waals surface area contributed by atoms with E-state index in [2.05, 4.69) is 10.6 Å². The Balaban J connectivity index is 1.26. The van der Waals surface area contributed by atoms with Crippen LogP contribution in [0.5, 0.6) is 0 Å². The highest BCUT2D eigenvalue weighted by atomic mass is 19.1. The minimum Gasteiger partial charge on any atom is -0.344 e. The molecule has 5 amide bonds. The van der Waals surface area contributed by atoms with Crippen molar-refractivity contribution < 1.29 is 32.8 Å². The number of imide groups is 1. The van der Waals surface area contributed by atoms with Crippen molar-refractivity contribution in [1.82, 2.24) is 15.5 Å². The summed E-state index contributed by atoms with van der Waals surface area (Å²) in [6.07, 6.45) is -1.84. The Bertz CT molecular complexity index is 1930. The average molecular weight is 650 g/mol. The van der Waals surface area contributed by atoms with Gasteiger partial charge in [-0.2, -0.15) is 0 Å². The number of carbonyl (C=O) groups is 5. The van der Waals surface area contributed by atoms with Gasteiger partial charge in [-0.05, 0) is 42.8 Å². The Labute approximate surface area is 274 Å². The highest BCUT2D eigenvalue weighted by Gasteiger charge is 2.38. The van der Waals surface area contributed by atoms with Gasteiger partial charge in [0.15, 0.2) is 0 Å². The molecule has 242 valence electrons. The molecule has 10 nitrogen and oxygen atoms in total. The number of halogens is 2. The van der Waals surface area contributed by atoms with Crippen molar-refractivity contribution in [3.8, 4) is 0 Å². The number of nitrogens with one attached hydrogen (secondary N) is 2. The topological polar surface area (TPSA) is 128 Å². The van der Waals surface area contributed by atoms with E-state index in [1.54, 1.807) is 48.5 Å². The van der Waals surface area contributed by atoms with E-state index in [9.17, 15) is 32.8 Å². The van der Waals surface area contributed by atoms with Crippen molar-refractivity contribution in [3.05, 3.63) is 137 Å². The lowest BCUT2D eigenvalue weighted by Gasteiger charge is -2.27. The molecule has 2 aliphatic rings. The minimum absolute atomic E-state index is 0.0834. The van der Waals surface area contributed by atoms with Crippen molar-refractivity contribution in [2.24, 2.45) is 4.99 Å². The molecule has 2 heterocycles. The van der Waals surface area contributed by atoms with Crippen LogP contribution >= 0.6 is 0 Å². The molecule has 0 bridgehead atoms. The van der Waals surface area contributed by atoms with Crippen LogP contribution in [0.25, 0.3) is 0 Å². The summed E-state index contributed by atoms with van der Waals surface area (Å²) < 4.78 is 27.2. The van der Waals surface area contributed by atoms with Gasteiger partial charge >= 0.3 is 0 Å². The van der Waals surface area contributed by atoms with Crippen LogP contribution < -0.4 is 15.5 Å². The van der Waals surface area contributed by atoms with Crippen molar-refractivity contribution in [2.75, 3.05) is 18.0 Å². The number of fused-ring (bicyclic) bond motifs is 2. The first-order valence-corrected chi connectivity index (χ1v) is 15.1. The van der Waals surface area contributed by atoms with Gasteiger partial charge in [0.2, 0.25) is 18.0 Å². The third kappa shape index (κ3) is 6.45. The van der Waals surface area contributed by atoms with E-state index in [0.29, 0.717) is 28.6 Å². The molecule has 4 aromatic rings. The summed E-state index contributed by atoms with van der Waals surface area (Å²) in [5, 5.41) is 5.11. The van der Waals surface area contributed by atoms with Crippen molar-refractivity contribution in [3.63, 3.8) is 0 Å². The van der Waals surface area contributed by atoms with E-state index >= 15 is 0 Å². The molecular formula is C36H29F2N5O5. The van der Waals surface area contributed by atoms with Gasteiger partial charge in [0, 0.05) is 30.3 Å². The lowest BCUT2D eigenvalue weighted by molar-refractivity contribution is -0.130. The normalized spacial score (nSPS) is 16.1. The second kappa shape index (κ2) is 13.4. The zero-order valence-corrected chi connectivity index (χ0v) is 25.7. The Morgan fingerprint density at radius 1 is 0.771 bits per heavy atom. The molecule has 6 rings (SSSR count). The van der Waals surface area contributed by atoms with Crippen molar-refractivity contribution in [1.29, 1.82) is 0 Å². The van der Waals surface area contributed by atoms with Gasteiger partial charge in [-0.25, -0.2) is 13.8 Å². The number of hydrogen-bond acceptors (Lipinski definition) is 6. The summed E-state index contributed by atoms with van der Waals surface area (Å²) in [7, 11) is 0. The predicted octanol–water partition coefficient (Wildman–Crippen LogP) is 3.63. The van der Waals surface area contributed by atoms with Crippen molar-refractivity contribution in [2.45, 2.75) is 25.6 Å². The highest BCUT2D eigenvalue weighted by Crippen LogP contribution is 2.29. The number of anilines is 1. The molecule has 2 N–H and O–H groups in total. The fraction of sp³-hybridized carbons (Fsp3) is 0.167. The van der Waals surface area contributed by atoms with Gasteiger partial charge in [0.25, 0.3) is 17.7 Å². The molecule has 1 unspecified atom stereocenters. The number of benzodiazepines with no additional fused rings is 1. The van der Waals surface area contributed by atoms with Crippen LogP contribution in [0.4, 0.5) is 14.5 Å². The Morgan fingerprint density at radius 2 is 1.33 bits per heavy atom. The fourth-order valence-corrected chi connectivity index (χ4v) is 5.74. The first kappa shape index (κ1) is 31.9.